The quantitative estimate of drug-likeness (QED) is 0.767. The van der Waals surface area contributed by atoms with Gasteiger partial charge in [-0.15, -0.1) is 0 Å². The van der Waals surface area contributed by atoms with E-state index in [0.29, 0.717) is 12.6 Å². The van der Waals surface area contributed by atoms with Crippen LogP contribution in [0, 0.1) is 0 Å². The average molecular weight is 228 g/mol. The lowest BCUT2D eigenvalue weighted by Gasteiger charge is -2.32. The van der Waals surface area contributed by atoms with E-state index < -0.39 is 5.60 Å². The first-order valence-corrected chi connectivity index (χ1v) is 6.09. The zero-order valence-corrected chi connectivity index (χ0v) is 10.7. The van der Waals surface area contributed by atoms with E-state index in [2.05, 4.69) is 0 Å². The summed E-state index contributed by atoms with van der Waals surface area (Å²) < 4.78 is 5.25. The first-order valence-electron chi connectivity index (χ1n) is 6.09. The topological polar surface area (TPSA) is 55.6 Å². The number of carbonyl (C=O) groups is 1. The molecule has 0 aromatic rings. The molecule has 94 valence electrons. The molecule has 0 spiro atoms. The molecule has 0 bridgehead atoms. The Balaban J connectivity index is 2.60. The molecule has 4 nitrogen and oxygen atoms in total. The summed E-state index contributed by atoms with van der Waals surface area (Å²) in [6.07, 6.45) is 4.20. The highest BCUT2D eigenvalue weighted by Crippen LogP contribution is 2.25. The second-order valence-electron chi connectivity index (χ2n) is 4.94. The van der Waals surface area contributed by atoms with Crippen LogP contribution in [0.3, 0.4) is 0 Å². The van der Waals surface area contributed by atoms with Crippen molar-refractivity contribution in [2.45, 2.75) is 51.2 Å². The molecule has 2 N–H and O–H groups in total. The fourth-order valence-corrected chi connectivity index (χ4v) is 2.19. The third-order valence-corrected chi connectivity index (χ3v) is 3.40. The number of rotatable bonds is 5. The van der Waals surface area contributed by atoms with Crippen LogP contribution in [0.4, 0.5) is 0 Å². The van der Waals surface area contributed by atoms with E-state index in [0.717, 1.165) is 32.2 Å². The van der Waals surface area contributed by atoms with Crippen molar-refractivity contribution in [2.75, 3.05) is 20.2 Å². The lowest BCUT2D eigenvalue weighted by Crippen LogP contribution is -2.48. The Bertz CT molecular complexity index is 241. The van der Waals surface area contributed by atoms with Crippen molar-refractivity contribution in [3.8, 4) is 0 Å². The Morgan fingerprint density at radius 3 is 2.81 bits per heavy atom. The highest BCUT2D eigenvalue weighted by Gasteiger charge is 2.37. The summed E-state index contributed by atoms with van der Waals surface area (Å²) in [4.78, 5) is 14.2. The predicted molar refractivity (Wildman–Crippen MR) is 64.1 cm³/mol. The van der Waals surface area contributed by atoms with Crippen LogP contribution in [0.5, 0.6) is 0 Å². The molecule has 1 rings (SSSR count). The summed E-state index contributed by atoms with van der Waals surface area (Å²) in [5.74, 6) is 0.106. The summed E-state index contributed by atoms with van der Waals surface area (Å²) in [5.41, 5.74) is 4.81. The zero-order valence-electron chi connectivity index (χ0n) is 10.7. The van der Waals surface area contributed by atoms with Crippen LogP contribution in [-0.4, -0.2) is 42.6 Å². The van der Waals surface area contributed by atoms with Crippen LogP contribution in [0.15, 0.2) is 0 Å². The lowest BCUT2D eigenvalue weighted by molar-refractivity contribution is -0.152. The molecular weight excluding hydrogens is 204 g/mol. The summed E-state index contributed by atoms with van der Waals surface area (Å²) in [7, 11) is 1.59. The van der Waals surface area contributed by atoms with Gasteiger partial charge in [0.25, 0.3) is 5.91 Å². The van der Waals surface area contributed by atoms with Crippen LogP contribution in [-0.2, 0) is 9.53 Å². The molecule has 1 amide bonds. The molecule has 1 fully saturated rings. The number of hydrogen-bond acceptors (Lipinski definition) is 3. The van der Waals surface area contributed by atoms with Gasteiger partial charge in [-0.25, -0.2) is 0 Å². The van der Waals surface area contributed by atoms with E-state index in [9.17, 15) is 4.79 Å². The number of nitrogens with zero attached hydrogens (tertiary/aromatic N) is 1. The largest absolute Gasteiger partial charge is 0.369 e. The van der Waals surface area contributed by atoms with E-state index >= 15 is 0 Å². The van der Waals surface area contributed by atoms with E-state index in [1.165, 1.54) is 0 Å². The minimum absolute atomic E-state index is 0.106. The molecule has 1 aliphatic heterocycles. The normalized spacial score (nSPS) is 21.5. The molecule has 1 unspecified atom stereocenters. The monoisotopic (exact) mass is 228 g/mol. The van der Waals surface area contributed by atoms with Gasteiger partial charge in [0.05, 0.1) is 0 Å². The molecule has 0 aromatic carbocycles. The molecule has 1 atom stereocenters. The maximum atomic E-state index is 12.2. The Morgan fingerprint density at radius 2 is 2.25 bits per heavy atom. The molecule has 0 radical (unpaired) electrons. The summed E-state index contributed by atoms with van der Waals surface area (Å²) >= 11 is 0. The number of amides is 1. The second-order valence-corrected chi connectivity index (χ2v) is 4.94. The number of hydrogen-bond donors (Lipinski definition) is 1. The number of nitrogens with two attached hydrogens (primary N) is 1. The SMILES string of the molecule is COC(C)(C)C(=O)N1CCCC1CCCN. The predicted octanol–water partition coefficient (Wildman–Crippen LogP) is 1.14. The molecule has 1 saturated heterocycles. The number of ether oxygens (including phenoxy) is 1. The van der Waals surface area contributed by atoms with Crippen LogP contribution in [0.2, 0.25) is 0 Å². The maximum Gasteiger partial charge on any atom is 0.254 e. The van der Waals surface area contributed by atoms with Crippen LogP contribution in [0.1, 0.15) is 39.5 Å². The Labute approximate surface area is 98.1 Å². The summed E-state index contributed by atoms with van der Waals surface area (Å²) in [6, 6.07) is 0.366. The Morgan fingerprint density at radius 1 is 1.56 bits per heavy atom. The van der Waals surface area contributed by atoms with E-state index in [4.69, 9.17) is 10.5 Å². The molecule has 1 aliphatic rings. The van der Waals surface area contributed by atoms with Crippen molar-refractivity contribution in [2.24, 2.45) is 5.73 Å². The van der Waals surface area contributed by atoms with Gasteiger partial charge >= 0.3 is 0 Å². The zero-order chi connectivity index (χ0) is 12.2. The van der Waals surface area contributed by atoms with Crippen LogP contribution < -0.4 is 5.73 Å². The molecule has 1 heterocycles. The standard InChI is InChI=1S/C12H24N2O2/c1-12(2,16-3)11(15)14-9-5-7-10(14)6-4-8-13/h10H,4-9,13H2,1-3H3. The average Bonchev–Trinajstić information content (AvgIpc) is 2.73. The smallest absolute Gasteiger partial charge is 0.254 e. The van der Waals surface area contributed by atoms with Crippen LogP contribution in [0.25, 0.3) is 0 Å². The van der Waals surface area contributed by atoms with Gasteiger partial charge in [-0.2, -0.15) is 0 Å². The van der Waals surface area contributed by atoms with Crippen molar-refractivity contribution in [3.63, 3.8) is 0 Å². The number of carbonyl (C=O) groups excluding carboxylic acids is 1. The highest BCUT2D eigenvalue weighted by molar-refractivity contribution is 5.84. The van der Waals surface area contributed by atoms with Gasteiger partial charge in [0.1, 0.15) is 5.60 Å². The van der Waals surface area contributed by atoms with Crippen molar-refractivity contribution >= 4 is 5.91 Å². The van der Waals surface area contributed by atoms with Gasteiger partial charge in [0.2, 0.25) is 0 Å². The minimum Gasteiger partial charge on any atom is -0.369 e. The van der Waals surface area contributed by atoms with Gasteiger partial charge in [-0.3, -0.25) is 4.79 Å². The van der Waals surface area contributed by atoms with Crippen molar-refractivity contribution in [1.29, 1.82) is 0 Å². The van der Waals surface area contributed by atoms with Gasteiger partial charge in [-0.1, -0.05) is 0 Å². The van der Waals surface area contributed by atoms with E-state index in [1.807, 2.05) is 18.7 Å². The van der Waals surface area contributed by atoms with Gasteiger partial charge in [0, 0.05) is 19.7 Å². The highest BCUT2D eigenvalue weighted by atomic mass is 16.5. The maximum absolute atomic E-state index is 12.2. The molecule has 0 aliphatic carbocycles. The second kappa shape index (κ2) is 5.64. The van der Waals surface area contributed by atoms with E-state index in [-0.39, 0.29) is 5.91 Å². The number of likely N-dealkylation sites (tertiary alicyclic amines) is 1. The Kier molecular flexibility index (Phi) is 4.74. The van der Waals surface area contributed by atoms with Gasteiger partial charge in [0.15, 0.2) is 0 Å². The summed E-state index contributed by atoms with van der Waals surface area (Å²) in [6.45, 7) is 5.22. The molecule has 16 heavy (non-hydrogen) atoms. The lowest BCUT2D eigenvalue weighted by atomic mass is 10.0. The third-order valence-electron chi connectivity index (χ3n) is 3.40. The first kappa shape index (κ1) is 13.5. The van der Waals surface area contributed by atoms with Gasteiger partial charge < -0.3 is 15.4 Å². The fourth-order valence-electron chi connectivity index (χ4n) is 2.19. The number of methoxy groups -OCH3 is 1. The van der Waals surface area contributed by atoms with Crippen LogP contribution >= 0.6 is 0 Å². The molecular formula is C12H24N2O2. The fraction of sp³-hybridized carbons (Fsp3) is 0.917. The molecule has 0 aromatic heterocycles. The molecule has 0 saturated carbocycles. The van der Waals surface area contributed by atoms with Crippen molar-refractivity contribution in [1.82, 2.24) is 4.90 Å². The van der Waals surface area contributed by atoms with E-state index in [1.54, 1.807) is 7.11 Å². The van der Waals surface area contributed by atoms with Gasteiger partial charge in [-0.05, 0) is 46.1 Å². The minimum atomic E-state index is -0.703. The Hall–Kier alpha value is -0.610. The first-order chi connectivity index (χ1) is 7.53. The molecule has 4 heteroatoms. The third kappa shape index (κ3) is 2.95. The van der Waals surface area contributed by atoms with Crippen molar-refractivity contribution in [3.05, 3.63) is 0 Å². The summed E-state index contributed by atoms with van der Waals surface area (Å²) in [5, 5.41) is 0. The van der Waals surface area contributed by atoms with Crippen molar-refractivity contribution < 1.29 is 9.53 Å².